The lowest BCUT2D eigenvalue weighted by molar-refractivity contribution is -0.150. The van der Waals surface area contributed by atoms with Gasteiger partial charge in [-0.05, 0) is 25.8 Å². The highest BCUT2D eigenvalue weighted by Crippen LogP contribution is 2.29. The Morgan fingerprint density at radius 2 is 2.25 bits per heavy atom. The van der Waals surface area contributed by atoms with Crippen molar-refractivity contribution in [2.24, 2.45) is 0 Å². The highest BCUT2D eigenvalue weighted by atomic mass is 16.5. The van der Waals surface area contributed by atoms with Crippen molar-refractivity contribution < 1.29 is 14.3 Å². The Morgan fingerprint density at radius 1 is 1.62 bits per heavy atom. The molecule has 4 heteroatoms. The van der Waals surface area contributed by atoms with Gasteiger partial charge in [0.15, 0.2) is 0 Å². The zero-order valence-electron chi connectivity index (χ0n) is 9.95. The van der Waals surface area contributed by atoms with Gasteiger partial charge in [-0.3, -0.25) is 4.79 Å². The molecule has 1 aliphatic heterocycles. The fourth-order valence-electron chi connectivity index (χ4n) is 1.81. The molecule has 1 aliphatic rings. The number of ether oxygens (including phenoxy) is 1. The average molecular weight is 223 g/mol. The van der Waals surface area contributed by atoms with E-state index >= 15 is 0 Å². The second kappa shape index (κ2) is 4.96. The minimum Gasteiger partial charge on any atom is -0.464 e. The standard InChI is InChI=1S/C12H17NO3/c1-5-6-9-7-10(14)13(9)11(8(2)3)12(15)16-4/h5,9H,1,6-7H2,2-4H3/t9-/m1/s1. The molecule has 1 saturated heterocycles. The smallest absolute Gasteiger partial charge is 0.354 e. The van der Waals surface area contributed by atoms with E-state index in [1.54, 1.807) is 19.9 Å². The summed E-state index contributed by atoms with van der Waals surface area (Å²) < 4.78 is 4.69. The normalized spacial score (nSPS) is 18.8. The molecule has 1 heterocycles. The molecule has 1 amide bonds. The van der Waals surface area contributed by atoms with Crippen molar-refractivity contribution in [1.82, 2.24) is 4.90 Å². The maximum absolute atomic E-state index is 11.6. The molecule has 0 unspecified atom stereocenters. The van der Waals surface area contributed by atoms with E-state index in [0.717, 1.165) is 5.57 Å². The predicted octanol–water partition coefficient (Wildman–Crippen LogP) is 1.63. The van der Waals surface area contributed by atoms with Crippen LogP contribution >= 0.6 is 0 Å². The highest BCUT2D eigenvalue weighted by Gasteiger charge is 2.40. The number of carbonyl (C=O) groups excluding carboxylic acids is 2. The molecular weight excluding hydrogens is 206 g/mol. The van der Waals surface area contributed by atoms with E-state index in [2.05, 4.69) is 11.3 Å². The number of allylic oxidation sites excluding steroid dienone is 1. The van der Waals surface area contributed by atoms with E-state index in [4.69, 9.17) is 0 Å². The average Bonchev–Trinajstić information content (AvgIpc) is 2.23. The molecule has 88 valence electrons. The first-order valence-corrected chi connectivity index (χ1v) is 5.21. The molecule has 4 nitrogen and oxygen atoms in total. The van der Waals surface area contributed by atoms with Crippen molar-refractivity contribution in [2.45, 2.75) is 32.7 Å². The van der Waals surface area contributed by atoms with Crippen LogP contribution in [0.5, 0.6) is 0 Å². The number of esters is 1. The quantitative estimate of drug-likeness (QED) is 0.315. The van der Waals surface area contributed by atoms with E-state index < -0.39 is 5.97 Å². The van der Waals surface area contributed by atoms with Gasteiger partial charge in [-0.15, -0.1) is 6.58 Å². The van der Waals surface area contributed by atoms with Crippen molar-refractivity contribution in [3.05, 3.63) is 23.9 Å². The van der Waals surface area contributed by atoms with Gasteiger partial charge in [-0.1, -0.05) is 6.08 Å². The van der Waals surface area contributed by atoms with Crippen molar-refractivity contribution in [3.8, 4) is 0 Å². The Hall–Kier alpha value is -1.58. The van der Waals surface area contributed by atoms with E-state index in [0.29, 0.717) is 18.5 Å². The van der Waals surface area contributed by atoms with Crippen LogP contribution in [0.15, 0.2) is 23.9 Å². The molecule has 0 bridgehead atoms. The lowest BCUT2D eigenvalue weighted by Crippen LogP contribution is -2.53. The second-order valence-corrected chi connectivity index (χ2v) is 3.99. The van der Waals surface area contributed by atoms with E-state index in [1.807, 2.05) is 0 Å². The van der Waals surface area contributed by atoms with Crippen molar-refractivity contribution in [1.29, 1.82) is 0 Å². The van der Waals surface area contributed by atoms with Gasteiger partial charge in [0.1, 0.15) is 5.70 Å². The summed E-state index contributed by atoms with van der Waals surface area (Å²) in [5.41, 5.74) is 1.15. The van der Waals surface area contributed by atoms with Crippen molar-refractivity contribution in [2.75, 3.05) is 7.11 Å². The largest absolute Gasteiger partial charge is 0.464 e. The third-order valence-corrected chi connectivity index (χ3v) is 2.58. The summed E-state index contributed by atoms with van der Waals surface area (Å²) in [7, 11) is 1.32. The van der Waals surface area contributed by atoms with Gasteiger partial charge in [0.25, 0.3) is 0 Å². The molecule has 1 atom stereocenters. The maximum atomic E-state index is 11.6. The van der Waals surface area contributed by atoms with Crippen LogP contribution in [0, 0.1) is 0 Å². The van der Waals surface area contributed by atoms with Gasteiger partial charge in [0, 0.05) is 12.5 Å². The highest BCUT2D eigenvalue weighted by molar-refractivity contribution is 5.97. The summed E-state index contributed by atoms with van der Waals surface area (Å²) in [6.07, 6.45) is 2.92. The third-order valence-electron chi connectivity index (χ3n) is 2.58. The minimum absolute atomic E-state index is 0.0338. The van der Waals surface area contributed by atoms with Crippen LogP contribution in [-0.4, -0.2) is 29.9 Å². The number of amides is 1. The molecule has 0 radical (unpaired) electrons. The van der Waals surface area contributed by atoms with Crippen LogP contribution < -0.4 is 0 Å². The molecule has 1 rings (SSSR count). The number of likely N-dealkylation sites (tertiary alicyclic amines) is 1. The number of β-lactam (4-membered cyclic amide) rings is 1. The summed E-state index contributed by atoms with van der Waals surface area (Å²) >= 11 is 0. The SMILES string of the molecule is C=CC[C@@H]1CC(=O)N1C(C(=O)OC)=C(C)C. The Morgan fingerprint density at radius 3 is 2.62 bits per heavy atom. The zero-order valence-corrected chi connectivity index (χ0v) is 9.95. The molecule has 0 aromatic rings. The van der Waals surface area contributed by atoms with Crippen LogP contribution in [0.2, 0.25) is 0 Å². The minimum atomic E-state index is -0.456. The topological polar surface area (TPSA) is 46.6 Å². The molecular formula is C12H17NO3. The molecule has 0 N–H and O–H groups in total. The number of hydrogen-bond donors (Lipinski definition) is 0. The Balaban J connectivity index is 2.95. The number of nitrogens with zero attached hydrogens (tertiary/aromatic N) is 1. The summed E-state index contributed by atoms with van der Waals surface area (Å²) in [4.78, 5) is 24.6. The number of rotatable bonds is 4. The maximum Gasteiger partial charge on any atom is 0.354 e. The first-order chi connectivity index (χ1) is 7.52. The monoisotopic (exact) mass is 223 g/mol. The van der Waals surface area contributed by atoms with Crippen LogP contribution in [0.3, 0.4) is 0 Å². The zero-order chi connectivity index (χ0) is 12.3. The molecule has 1 fully saturated rings. The van der Waals surface area contributed by atoms with E-state index in [-0.39, 0.29) is 11.9 Å². The van der Waals surface area contributed by atoms with E-state index in [9.17, 15) is 9.59 Å². The van der Waals surface area contributed by atoms with Gasteiger partial charge in [0.05, 0.1) is 7.11 Å². The number of hydrogen-bond acceptors (Lipinski definition) is 3. The summed E-state index contributed by atoms with van der Waals surface area (Å²) in [6.45, 7) is 7.23. The van der Waals surface area contributed by atoms with Crippen LogP contribution in [0.1, 0.15) is 26.7 Å². The van der Waals surface area contributed by atoms with E-state index in [1.165, 1.54) is 12.0 Å². The number of carbonyl (C=O) groups is 2. The van der Waals surface area contributed by atoms with Gasteiger partial charge in [0.2, 0.25) is 5.91 Å². The summed E-state index contributed by atoms with van der Waals surface area (Å²) in [5.74, 6) is -0.490. The first-order valence-electron chi connectivity index (χ1n) is 5.21. The summed E-state index contributed by atoms with van der Waals surface area (Å²) in [5, 5.41) is 0. The Bertz CT molecular complexity index is 351. The second-order valence-electron chi connectivity index (χ2n) is 3.99. The molecule has 0 aromatic heterocycles. The Labute approximate surface area is 95.6 Å². The fraction of sp³-hybridized carbons (Fsp3) is 0.500. The molecule has 0 spiro atoms. The fourth-order valence-corrected chi connectivity index (χ4v) is 1.81. The molecule has 0 aromatic carbocycles. The van der Waals surface area contributed by atoms with Crippen LogP contribution in [-0.2, 0) is 14.3 Å². The lowest BCUT2D eigenvalue weighted by atomic mass is 9.96. The molecule has 0 aliphatic carbocycles. The van der Waals surface area contributed by atoms with Crippen LogP contribution in [0.4, 0.5) is 0 Å². The number of methoxy groups -OCH3 is 1. The molecule has 16 heavy (non-hydrogen) atoms. The van der Waals surface area contributed by atoms with Crippen molar-refractivity contribution >= 4 is 11.9 Å². The lowest BCUT2D eigenvalue weighted by Gasteiger charge is -2.40. The predicted molar refractivity (Wildman–Crippen MR) is 60.5 cm³/mol. The Kier molecular flexibility index (Phi) is 3.88. The van der Waals surface area contributed by atoms with Gasteiger partial charge in [-0.2, -0.15) is 0 Å². The molecule has 0 saturated carbocycles. The first kappa shape index (κ1) is 12.5. The third kappa shape index (κ3) is 2.15. The summed E-state index contributed by atoms with van der Waals surface area (Å²) in [6, 6.07) is 0.0500. The van der Waals surface area contributed by atoms with Gasteiger partial charge in [-0.25, -0.2) is 4.79 Å². The van der Waals surface area contributed by atoms with Crippen molar-refractivity contribution in [3.63, 3.8) is 0 Å². The van der Waals surface area contributed by atoms with Gasteiger partial charge < -0.3 is 9.64 Å². The van der Waals surface area contributed by atoms with Gasteiger partial charge >= 0.3 is 5.97 Å². The van der Waals surface area contributed by atoms with Crippen LogP contribution in [0.25, 0.3) is 0 Å².